The van der Waals surface area contributed by atoms with Crippen LogP contribution >= 0.6 is 0 Å². The molecule has 4 aromatic rings. The van der Waals surface area contributed by atoms with E-state index in [0.29, 0.717) is 43.3 Å². The molecular formula is C30H28N2O5. The van der Waals surface area contributed by atoms with Crippen LogP contribution in [0.25, 0.3) is 11.5 Å². The van der Waals surface area contributed by atoms with Crippen molar-refractivity contribution in [3.8, 4) is 34.8 Å². The molecule has 0 atom stereocenters. The van der Waals surface area contributed by atoms with Crippen molar-refractivity contribution in [2.24, 2.45) is 0 Å². The average molecular weight is 497 g/mol. The highest BCUT2D eigenvalue weighted by atomic mass is 16.5. The van der Waals surface area contributed by atoms with E-state index in [2.05, 4.69) is 11.1 Å². The minimum absolute atomic E-state index is 0.235. The van der Waals surface area contributed by atoms with Gasteiger partial charge in [-0.25, -0.2) is 4.98 Å². The van der Waals surface area contributed by atoms with E-state index in [-0.39, 0.29) is 12.4 Å². The largest absolute Gasteiger partial charge is 0.493 e. The number of nitriles is 1. The molecule has 0 fully saturated rings. The van der Waals surface area contributed by atoms with E-state index in [9.17, 15) is 10.1 Å². The summed E-state index contributed by atoms with van der Waals surface area (Å²) in [5.41, 5.74) is 2.94. The van der Waals surface area contributed by atoms with E-state index in [4.69, 9.17) is 18.6 Å². The summed E-state index contributed by atoms with van der Waals surface area (Å²) in [5, 5.41) is 9.50. The number of esters is 1. The zero-order valence-corrected chi connectivity index (χ0v) is 20.9. The van der Waals surface area contributed by atoms with Crippen molar-refractivity contribution < 1.29 is 23.4 Å². The van der Waals surface area contributed by atoms with Gasteiger partial charge in [0, 0.05) is 18.4 Å². The maximum atomic E-state index is 11.6. The Bertz CT molecular complexity index is 1370. The van der Waals surface area contributed by atoms with Crippen LogP contribution in [0.2, 0.25) is 0 Å². The lowest BCUT2D eigenvalue weighted by Gasteiger charge is -2.09. The predicted octanol–water partition coefficient (Wildman–Crippen LogP) is 6.43. The molecule has 1 aromatic heterocycles. The molecule has 1 heterocycles. The van der Waals surface area contributed by atoms with Crippen LogP contribution in [0.3, 0.4) is 0 Å². The highest BCUT2D eigenvalue weighted by Crippen LogP contribution is 2.27. The van der Waals surface area contributed by atoms with Gasteiger partial charge in [-0.15, -0.1) is 0 Å². The Morgan fingerprint density at radius 2 is 1.70 bits per heavy atom. The Morgan fingerprint density at radius 3 is 2.43 bits per heavy atom. The van der Waals surface area contributed by atoms with Crippen LogP contribution in [0.1, 0.15) is 35.9 Å². The number of para-hydroxylation sites is 1. The second-order valence-corrected chi connectivity index (χ2v) is 8.30. The minimum Gasteiger partial charge on any atom is -0.493 e. The zero-order valence-electron chi connectivity index (χ0n) is 20.9. The van der Waals surface area contributed by atoms with Gasteiger partial charge in [-0.3, -0.25) is 4.79 Å². The number of aryl methyl sites for hydroxylation is 2. The molecule has 0 aliphatic carbocycles. The molecule has 0 radical (unpaired) electrons. The van der Waals surface area contributed by atoms with Crippen LogP contribution in [0.15, 0.2) is 77.2 Å². The molecule has 0 unspecified atom stereocenters. The van der Waals surface area contributed by atoms with Crippen molar-refractivity contribution in [3.63, 3.8) is 0 Å². The van der Waals surface area contributed by atoms with Crippen LogP contribution < -0.4 is 9.47 Å². The van der Waals surface area contributed by atoms with Gasteiger partial charge in [0.1, 0.15) is 23.0 Å². The van der Waals surface area contributed by atoms with E-state index in [1.165, 1.54) is 0 Å². The summed E-state index contributed by atoms with van der Waals surface area (Å²) in [6.45, 7) is 4.37. The van der Waals surface area contributed by atoms with E-state index in [0.717, 1.165) is 34.1 Å². The average Bonchev–Trinajstić information content (AvgIpc) is 3.29. The second-order valence-electron chi connectivity index (χ2n) is 8.30. The number of hydrogen-bond donors (Lipinski definition) is 0. The van der Waals surface area contributed by atoms with Gasteiger partial charge in [-0.2, -0.15) is 5.26 Å². The summed E-state index contributed by atoms with van der Waals surface area (Å²) < 4.78 is 22.6. The number of ether oxygens (including phenoxy) is 3. The Hall–Kier alpha value is -4.57. The second kappa shape index (κ2) is 12.4. The molecule has 0 saturated heterocycles. The molecule has 37 heavy (non-hydrogen) atoms. The van der Waals surface area contributed by atoms with Gasteiger partial charge in [0.05, 0.1) is 30.5 Å². The van der Waals surface area contributed by atoms with Gasteiger partial charge in [0.15, 0.2) is 0 Å². The third-order valence-electron chi connectivity index (χ3n) is 5.69. The molecule has 7 nitrogen and oxygen atoms in total. The number of carbonyl (C=O) groups is 1. The van der Waals surface area contributed by atoms with Gasteiger partial charge >= 0.3 is 5.97 Å². The summed E-state index contributed by atoms with van der Waals surface area (Å²) >= 11 is 0. The fourth-order valence-electron chi connectivity index (χ4n) is 3.78. The first kappa shape index (κ1) is 25.5. The summed E-state index contributed by atoms with van der Waals surface area (Å²) in [6, 6.07) is 24.7. The number of rotatable bonds is 11. The monoisotopic (exact) mass is 496 g/mol. The SMILES string of the molecule is CCOC(=O)CCc1ccc(OCCc2nc(-c3ccc(Oc4ccccc4)cc3)oc2C)cc1C#N. The number of oxazole rings is 1. The van der Waals surface area contributed by atoms with Crippen molar-refractivity contribution in [1.82, 2.24) is 4.98 Å². The van der Waals surface area contributed by atoms with E-state index < -0.39 is 0 Å². The molecule has 0 bridgehead atoms. The summed E-state index contributed by atoms with van der Waals surface area (Å²) in [7, 11) is 0. The molecule has 3 aromatic carbocycles. The molecule has 0 aliphatic rings. The maximum Gasteiger partial charge on any atom is 0.306 e. The summed E-state index contributed by atoms with van der Waals surface area (Å²) in [5.74, 6) is 3.09. The Balaban J connectivity index is 1.33. The van der Waals surface area contributed by atoms with Crippen LogP contribution in [0, 0.1) is 18.3 Å². The van der Waals surface area contributed by atoms with Crippen molar-refractivity contribution in [1.29, 1.82) is 5.26 Å². The summed E-state index contributed by atoms with van der Waals surface area (Å²) in [6.07, 6.45) is 1.23. The molecule has 0 amide bonds. The lowest BCUT2D eigenvalue weighted by molar-refractivity contribution is -0.143. The highest BCUT2D eigenvalue weighted by molar-refractivity contribution is 5.69. The maximum absolute atomic E-state index is 11.6. The van der Waals surface area contributed by atoms with Crippen LogP contribution in [-0.2, 0) is 22.4 Å². The van der Waals surface area contributed by atoms with Crippen LogP contribution in [0.5, 0.6) is 17.2 Å². The van der Waals surface area contributed by atoms with Crippen LogP contribution in [-0.4, -0.2) is 24.2 Å². The molecule has 0 N–H and O–H groups in total. The number of hydrogen-bond acceptors (Lipinski definition) is 7. The van der Waals surface area contributed by atoms with Gasteiger partial charge in [-0.05, 0) is 74.4 Å². The first-order valence-corrected chi connectivity index (χ1v) is 12.2. The van der Waals surface area contributed by atoms with Gasteiger partial charge < -0.3 is 18.6 Å². The lowest BCUT2D eigenvalue weighted by Crippen LogP contribution is -2.06. The minimum atomic E-state index is -0.273. The zero-order chi connectivity index (χ0) is 26.0. The summed E-state index contributed by atoms with van der Waals surface area (Å²) in [4.78, 5) is 16.3. The number of carbonyl (C=O) groups excluding carboxylic acids is 1. The molecule has 4 rings (SSSR count). The quantitative estimate of drug-likeness (QED) is 0.221. The van der Waals surface area contributed by atoms with Crippen molar-refractivity contribution in [3.05, 3.63) is 95.4 Å². The van der Waals surface area contributed by atoms with Gasteiger partial charge in [-0.1, -0.05) is 24.3 Å². The molecule has 0 aliphatic heterocycles. The van der Waals surface area contributed by atoms with Crippen molar-refractivity contribution >= 4 is 5.97 Å². The van der Waals surface area contributed by atoms with E-state index in [1.54, 1.807) is 13.0 Å². The predicted molar refractivity (Wildman–Crippen MR) is 139 cm³/mol. The first-order chi connectivity index (χ1) is 18.1. The standard InChI is InChI=1S/C30H28N2O5/c1-3-34-29(33)16-12-22-9-15-27(19-24(22)20-31)35-18-17-28-21(2)36-30(32-28)23-10-13-26(14-11-23)37-25-7-5-4-6-8-25/h4-11,13-15,19H,3,12,16-18H2,1-2H3. The first-order valence-electron chi connectivity index (χ1n) is 12.2. The number of aromatic nitrogens is 1. The Labute approximate surface area is 216 Å². The smallest absolute Gasteiger partial charge is 0.306 e. The molecular weight excluding hydrogens is 468 g/mol. The third kappa shape index (κ3) is 6.98. The molecule has 0 spiro atoms. The topological polar surface area (TPSA) is 94.6 Å². The Kier molecular flexibility index (Phi) is 8.56. The normalized spacial score (nSPS) is 10.5. The molecule has 188 valence electrons. The molecule has 7 heteroatoms. The number of benzene rings is 3. The third-order valence-corrected chi connectivity index (χ3v) is 5.69. The van der Waals surface area contributed by atoms with Crippen molar-refractivity contribution in [2.45, 2.75) is 33.1 Å². The van der Waals surface area contributed by atoms with Gasteiger partial charge in [0.25, 0.3) is 0 Å². The fourth-order valence-corrected chi connectivity index (χ4v) is 3.78. The van der Waals surface area contributed by atoms with Gasteiger partial charge in [0.2, 0.25) is 5.89 Å². The van der Waals surface area contributed by atoms with Crippen LogP contribution in [0.4, 0.5) is 0 Å². The van der Waals surface area contributed by atoms with E-state index in [1.807, 2.05) is 73.7 Å². The van der Waals surface area contributed by atoms with E-state index >= 15 is 0 Å². The lowest BCUT2D eigenvalue weighted by atomic mass is 10.0. The Morgan fingerprint density at radius 1 is 0.973 bits per heavy atom. The fraction of sp³-hybridized carbons (Fsp3) is 0.233. The molecule has 0 saturated carbocycles. The number of nitrogens with zero attached hydrogens (tertiary/aromatic N) is 2. The van der Waals surface area contributed by atoms with Crippen molar-refractivity contribution in [2.75, 3.05) is 13.2 Å². The highest BCUT2D eigenvalue weighted by Gasteiger charge is 2.13.